The van der Waals surface area contributed by atoms with Crippen molar-refractivity contribution in [3.8, 4) is 5.88 Å². The Morgan fingerprint density at radius 2 is 2.19 bits per heavy atom. The van der Waals surface area contributed by atoms with Crippen molar-refractivity contribution in [3.63, 3.8) is 0 Å². The molecule has 0 saturated heterocycles. The molecule has 1 aliphatic rings. The molecule has 0 saturated carbocycles. The molecule has 0 unspecified atom stereocenters. The van der Waals surface area contributed by atoms with Crippen molar-refractivity contribution in [1.82, 2.24) is 29.8 Å². The number of hydrogen-bond acceptors (Lipinski definition) is 7. The lowest BCUT2D eigenvalue weighted by Crippen LogP contribution is -2.37. The normalized spacial score (nSPS) is 13.5. The van der Waals surface area contributed by atoms with E-state index in [9.17, 15) is 4.79 Å². The second kappa shape index (κ2) is 6.82. The first-order chi connectivity index (χ1) is 13.0. The molecule has 0 N–H and O–H groups in total. The molecule has 4 heterocycles. The SMILES string of the molecule is Cc1noc(C)c1C(=O)N1CCc2c(c(COc3cnccn3)nn2C)C1. The minimum Gasteiger partial charge on any atom is -0.470 e. The van der Waals surface area contributed by atoms with E-state index >= 15 is 0 Å². The van der Waals surface area contributed by atoms with Crippen LogP contribution in [0.2, 0.25) is 0 Å². The van der Waals surface area contributed by atoms with Crippen molar-refractivity contribution in [2.45, 2.75) is 33.4 Å². The molecule has 0 aliphatic carbocycles. The standard InChI is InChI=1S/C18H20N6O3/c1-11-17(12(2)27-22-11)18(25)24-7-4-15-13(9-24)14(21-23(15)3)10-26-16-8-19-5-6-20-16/h5-6,8H,4,7,9-10H2,1-3H3. The molecule has 0 aromatic carbocycles. The van der Waals surface area contributed by atoms with E-state index in [4.69, 9.17) is 9.26 Å². The molecule has 0 bridgehead atoms. The second-order valence-corrected chi connectivity index (χ2v) is 6.50. The van der Waals surface area contributed by atoms with Gasteiger partial charge in [-0.2, -0.15) is 5.10 Å². The van der Waals surface area contributed by atoms with Gasteiger partial charge in [-0.1, -0.05) is 5.16 Å². The fourth-order valence-electron chi connectivity index (χ4n) is 3.41. The number of aryl methyl sites for hydroxylation is 3. The van der Waals surface area contributed by atoms with E-state index in [1.165, 1.54) is 0 Å². The number of carbonyl (C=O) groups excluding carboxylic acids is 1. The molecule has 0 atom stereocenters. The van der Waals surface area contributed by atoms with Crippen molar-refractivity contribution in [2.24, 2.45) is 7.05 Å². The minimum absolute atomic E-state index is 0.0680. The highest BCUT2D eigenvalue weighted by atomic mass is 16.5. The van der Waals surface area contributed by atoms with Crippen LogP contribution in [0.15, 0.2) is 23.1 Å². The molecule has 9 nitrogen and oxygen atoms in total. The molecule has 140 valence electrons. The molecule has 1 aliphatic heterocycles. The van der Waals surface area contributed by atoms with Crippen LogP contribution in [-0.4, -0.2) is 42.3 Å². The summed E-state index contributed by atoms with van der Waals surface area (Å²) in [5, 5.41) is 8.46. The Kier molecular flexibility index (Phi) is 4.35. The number of aromatic nitrogens is 5. The summed E-state index contributed by atoms with van der Waals surface area (Å²) in [6, 6.07) is 0. The van der Waals surface area contributed by atoms with Gasteiger partial charge in [0, 0.05) is 50.2 Å². The Morgan fingerprint density at radius 3 is 2.89 bits per heavy atom. The lowest BCUT2D eigenvalue weighted by atomic mass is 10.0. The second-order valence-electron chi connectivity index (χ2n) is 6.50. The number of fused-ring (bicyclic) bond motifs is 1. The van der Waals surface area contributed by atoms with E-state index in [1.807, 2.05) is 16.6 Å². The van der Waals surface area contributed by atoms with Crippen LogP contribution < -0.4 is 4.74 Å². The lowest BCUT2D eigenvalue weighted by Gasteiger charge is -2.27. The van der Waals surface area contributed by atoms with Gasteiger partial charge in [-0.3, -0.25) is 14.5 Å². The monoisotopic (exact) mass is 368 g/mol. The van der Waals surface area contributed by atoms with E-state index in [-0.39, 0.29) is 12.5 Å². The summed E-state index contributed by atoms with van der Waals surface area (Å²) >= 11 is 0. The van der Waals surface area contributed by atoms with Gasteiger partial charge in [-0.15, -0.1) is 0 Å². The van der Waals surface area contributed by atoms with Crippen LogP contribution in [0.25, 0.3) is 0 Å². The summed E-state index contributed by atoms with van der Waals surface area (Å²) in [6.45, 7) is 4.91. The van der Waals surface area contributed by atoms with Crippen LogP contribution in [0, 0.1) is 13.8 Å². The minimum atomic E-state index is -0.0680. The summed E-state index contributed by atoms with van der Waals surface area (Å²) in [4.78, 5) is 22.9. The third kappa shape index (κ3) is 3.16. The van der Waals surface area contributed by atoms with Crippen LogP contribution in [0.1, 0.15) is 38.8 Å². The quantitative estimate of drug-likeness (QED) is 0.689. The van der Waals surface area contributed by atoms with Crippen LogP contribution in [0.3, 0.4) is 0 Å². The van der Waals surface area contributed by atoms with Gasteiger partial charge in [-0.05, 0) is 13.8 Å². The van der Waals surface area contributed by atoms with Crippen molar-refractivity contribution in [1.29, 1.82) is 0 Å². The Labute approximate surface area is 156 Å². The van der Waals surface area contributed by atoms with Gasteiger partial charge in [-0.25, -0.2) is 4.98 Å². The highest BCUT2D eigenvalue weighted by Gasteiger charge is 2.30. The van der Waals surface area contributed by atoms with Gasteiger partial charge in [0.25, 0.3) is 5.91 Å². The van der Waals surface area contributed by atoms with Crippen molar-refractivity contribution in [3.05, 3.63) is 52.6 Å². The summed E-state index contributed by atoms with van der Waals surface area (Å²) in [5.41, 5.74) is 4.10. The third-order valence-electron chi connectivity index (χ3n) is 4.76. The van der Waals surface area contributed by atoms with Gasteiger partial charge < -0.3 is 14.2 Å². The smallest absolute Gasteiger partial charge is 0.259 e. The summed E-state index contributed by atoms with van der Waals surface area (Å²) < 4.78 is 12.7. The van der Waals surface area contributed by atoms with Gasteiger partial charge >= 0.3 is 0 Å². The summed E-state index contributed by atoms with van der Waals surface area (Å²) in [7, 11) is 1.91. The highest BCUT2D eigenvalue weighted by Crippen LogP contribution is 2.25. The van der Waals surface area contributed by atoms with Crippen molar-refractivity contribution >= 4 is 5.91 Å². The fraction of sp³-hybridized carbons (Fsp3) is 0.389. The zero-order valence-corrected chi connectivity index (χ0v) is 15.5. The summed E-state index contributed by atoms with van der Waals surface area (Å²) in [6.07, 6.45) is 5.46. The number of hydrogen-bond donors (Lipinski definition) is 0. The molecular weight excluding hydrogens is 348 g/mol. The van der Waals surface area contributed by atoms with Gasteiger partial charge in [0.1, 0.15) is 23.6 Å². The average Bonchev–Trinajstić information content (AvgIpc) is 3.19. The van der Waals surface area contributed by atoms with E-state index < -0.39 is 0 Å². The molecule has 3 aromatic heterocycles. The highest BCUT2D eigenvalue weighted by molar-refractivity contribution is 5.96. The van der Waals surface area contributed by atoms with Crippen LogP contribution >= 0.6 is 0 Å². The first-order valence-electron chi connectivity index (χ1n) is 8.69. The summed E-state index contributed by atoms with van der Waals surface area (Å²) in [5.74, 6) is 0.915. The maximum atomic E-state index is 13.0. The topological polar surface area (TPSA) is 99.2 Å². The number of rotatable bonds is 4. The van der Waals surface area contributed by atoms with Gasteiger partial charge in [0.15, 0.2) is 0 Å². The molecular formula is C18H20N6O3. The van der Waals surface area contributed by atoms with E-state index in [0.29, 0.717) is 36.0 Å². The molecule has 9 heteroatoms. The lowest BCUT2D eigenvalue weighted by molar-refractivity contribution is 0.0730. The number of ether oxygens (including phenoxy) is 1. The molecule has 0 spiro atoms. The van der Waals surface area contributed by atoms with Crippen LogP contribution in [0.5, 0.6) is 5.88 Å². The Bertz CT molecular complexity index is 959. The van der Waals surface area contributed by atoms with Gasteiger partial charge in [0.05, 0.1) is 11.9 Å². The van der Waals surface area contributed by atoms with E-state index in [1.54, 1.807) is 32.4 Å². The molecule has 4 rings (SSSR count). The predicted octanol–water partition coefficient (Wildman–Crippen LogP) is 1.59. The Balaban J connectivity index is 1.55. The third-order valence-corrected chi connectivity index (χ3v) is 4.76. The maximum Gasteiger partial charge on any atom is 0.259 e. The van der Waals surface area contributed by atoms with Crippen LogP contribution in [0.4, 0.5) is 0 Å². The zero-order valence-electron chi connectivity index (χ0n) is 15.5. The Hall–Kier alpha value is -3.23. The molecule has 27 heavy (non-hydrogen) atoms. The van der Waals surface area contributed by atoms with Crippen molar-refractivity contribution < 1.29 is 14.1 Å². The largest absolute Gasteiger partial charge is 0.470 e. The molecule has 1 amide bonds. The predicted molar refractivity (Wildman–Crippen MR) is 94.0 cm³/mol. The first kappa shape index (κ1) is 17.2. The number of carbonyl (C=O) groups is 1. The Morgan fingerprint density at radius 1 is 1.33 bits per heavy atom. The average molecular weight is 368 g/mol. The first-order valence-corrected chi connectivity index (χ1v) is 8.69. The van der Waals surface area contributed by atoms with E-state index in [0.717, 1.165) is 23.4 Å². The zero-order chi connectivity index (χ0) is 19.0. The fourth-order valence-corrected chi connectivity index (χ4v) is 3.41. The number of amides is 1. The van der Waals surface area contributed by atoms with Gasteiger partial charge in [0.2, 0.25) is 5.88 Å². The molecule has 0 fully saturated rings. The maximum absolute atomic E-state index is 13.0. The van der Waals surface area contributed by atoms with Crippen LogP contribution in [-0.2, 0) is 26.6 Å². The number of nitrogens with zero attached hydrogens (tertiary/aromatic N) is 6. The molecule has 3 aromatic rings. The molecule has 0 radical (unpaired) electrons. The van der Waals surface area contributed by atoms with E-state index in [2.05, 4.69) is 20.2 Å². The van der Waals surface area contributed by atoms with Crippen molar-refractivity contribution in [2.75, 3.05) is 6.54 Å².